The van der Waals surface area contributed by atoms with Gasteiger partial charge in [-0.1, -0.05) is 12.1 Å². The SMILES string of the molecule is COC(=O)OC/C=C(\C)c1cccc([N+](=O)[O-])c1. The minimum Gasteiger partial charge on any atom is -0.438 e. The fourth-order valence-electron chi connectivity index (χ4n) is 1.28. The van der Waals surface area contributed by atoms with Gasteiger partial charge in [0.1, 0.15) is 6.61 Å². The molecule has 1 aromatic carbocycles. The average Bonchev–Trinajstić information content (AvgIpc) is 2.38. The van der Waals surface area contributed by atoms with Gasteiger partial charge in [0, 0.05) is 12.1 Å². The normalized spacial score (nSPS) is 10.9. The highest BCUT2D eigenvalue weighted by Gasteiger charge is 2.06. The molecule has 0 fully saturated rings. The van der Waals surface area contributed by atoms with E-state index in [0.29, 0.717) is 5.56 Å². The molecule has 0 aliphatic rings. The number of rotatable bonds is 4. The molecule has 0 amide bonds. The van der Waals surface area contributed by atoms with E-state index >= 15 is 0 Å². The number of methoxy groups -OCH3 is 1. The van der Waals surface area contributed by atoms with Gasteiger partial charge in [0.15, 0.2) is 0 Å². The summed E-state index contributed by atoms with van der Waals surface area (Å²) in [5.41, 5.74) is 1.51. The molecule has 0 heterocycles. The Bertz CT molecular complexity index is 481. The number of benzene rings is 1. The third kappa shape index (κ3) is 3.89. The molecule has 0 aromatic heterocycles. The molecule has 0 radical (unpaired) electrons. The molecule has 0 aliphatic heterocycles. The van der Waals surface area contributed by atoms with Crippen molar-refractivity contribution in [3.63, 3.8) is 0 Å². The Morgan fingerprint density at radius 1 is 1.50 bits per heavy atom. The van der Waals surface area contributed by atoms with Gasteiger partial charge in [0.05, 0.1) is 12.0 Å². The summed E-state index contributed by atoms with van der Waals surface area (Å²) in [5.74, 6) is 0. The van der Waals surface area contributed by atoms with E-state index in [1.807, 2.05) is 0 Å². The van der Waals surface area contributed by atoms with Crippen LogP contribution in [0.25, 0.3) is 5.57 Å². The molecule has 0 N–H and O–H groups in total. The Hall–Kier alpha value is -2.37. The van der Waals surface area contributed by atoms with Crippen LogP contribution in [-0.4, -0.2) is 24.8 Å². The number of carbonyl (C=O) groups is 1. The molecular weight excluding hydrogens is 238 g/mol. The summed E-state index contributed by atoms with van der Waals surface area (Å²) in [5, 5.41) is 10.6. The highest BCUT2D eigenvalue weighted by atomic mass is 16.7. The molecule has 0 spiro atoms. The number of nitrogens with zero attached hydrogens (tertiary/aromatic N) is 1. The van der Waals surface area contributed by atoms with Crippen molar-refractivity contribution < 1.29 is 19.2 Å². The highest BCUT2D eigenvalue weighted by molar-refractivity contribution is 5.66. The third-order valence-electron chi connectivity index (χ3n) is 2.27. The molecule has 1 aromatic rings. The molecule has 1 rings (SSSR count). The first-order valence-corrected chi connectivity index (χ1v) is 5.17. The molecular formula is C12H13NO5. The van der Waals surface area contributed by atoms with Crippen LogP contribution in [0.4, 0.5) is 10.5 Å². The van der Waals surface area contributed by atoms with Crippen LogP contribution in [0, 0.1) is 10.1 Å². The second kappa shape index (κ2) is 6.39. The zero-order valence-electron chi connectivity index (χ0n) is 10.1. The van der Waals surface area contributed by atoms with Gasteiger partial charge in [-0.25, -0.2) is 4.79 Å². The first-order valence-electron chi connectivity index (χ1n) is 5.17. The van der Waals surface area contributed by atoms with Crippen LogP contribution in [0.2, 0.25) is 0 Å². The largest absolute Gasteiger partial charge is 0.508 e. The summed E-state index contributed by atoms with van der Waals surface area (Å²) in [6.45, 7) is 1.83. The summed E-state index contributed by atoms with van der Waals surface area (Å²) in [6, 6.07) is 6.23. The summed E-state index contributed by atoms with van der Waals surface area (Å²) >= 11 is 0. The van der Waals surface area contributed by atoms with E-state index in [2.05, 4.69) is 9.47 Å². The minimum atomic E-state index is -0.766. The van der Waals surface area contributed by atoms with Crippen molar-refractivity contribution in [2.45, 2.75) is 6.92 Å². The van der Waals surface area contributed by atoms with Crippen molar-refractivity contribution in [2.75, 3.05) is 13.7 Å². The van der Waals surface area contributed by atoms with E-state index in [1.54, 1.807) is 25.1 Å². The van der Waals surface area contributed by atoms with E-state index < -0.39 is 11.1 Å². The Morgan fingerprint density at radius 2 is 2.22 bits per heavy atom. The lowest BCUT2D eigenvalue weighted by atomic mass is 10.1. The number of hydrogen-bond donors (Lipinski definition) is 0. The van der Waals surface area contributed by atoms with Crippen LogP contribution >= 0.6 is 0 Å². The second-order valence-electron chi connectivity index (χ2n) is 3.46. The lowest BCUT2D eigenvalue weighted by Crippen LogP contribution is -2.03. The second-order valence-corrected chi connectivity index (χ2v) is 3.46. The molecule has 0 bridgehead atoms. The third-order valence-corrected chi connectivity index (χ3v) is 2.27. The van der Waals surface area contributed by atoms with Gasteiger partial charge in [-0.05, 0) is 24.1 Å². The highest BCUT2D eigenvalue weighted by Crippen LogP contribution is 2.19. The van der Waals surface area contributed by atoms with Gasteiger partial charge in [0.2, 0.25) is 0 Å². The molecule has 0 saturated carbocycles. The molecule has 6 heteroatoms. The summed E-state index contributed by atoms with van der Waals surface area (Å²) in [4.78, 5) is 20.9. The predicted octanol–water partition coefficient (Wildman–Crippen LogP) is 2.78. The van der Waals surface area contributed by atoms with Crippen LogP contribution in [-0.2, 0) is 9.47 Å². The molecule has 0 unspecified atom stereocenters. The van der Waals surface area contributed by atoms with E-state index in [-0.39, 0.29) is 12.3 Å². The maximum atomic E-state index is 10.7. The number of carbonyl (C=O) groups excluding carboxylic acids is 1. The van der Waals surface area contributed by atoms with Crippen LogP contribution in [0.15, 0.2) is 30.3 Å². The smallest absolute Gasteiger partial charge is 0.438 e. The van der Waals surface area contributed by atoms with Gasteiger partial charge >= 0.3 is 6.16 Å². The van der Waals surface area contributed by atoms with Crippen molar-refractivity contribution in [1.82, 2.24) is 0 Å². The standard InChI is InChI=1S/C12H13NO5/c1-9(6-7-18-12(14)17-2)10-4-3-5-11(8-10)13(15)16/h3-6,8H,7H2,1-2H3/b9-6+. The summed E-state index contributed by atoms with van der Waals surface area (Å²) < 4.78 is 9.00. The van der Waals surface area contributed by atoms with Gasteiger partial charge in [-0.15, -0.1) is 0 Å². The van der Waals surface area contributed by atoms with Crippen molar-refractivity contribution in [3.8, 4) is 0 Å². The van der Waals surface area contributed by atoms with Crippen LogP contribution < -0.4 is 0 Å². The predicted molar refractivity (Wildman–Crippen MR) is 65.1 cm³/mol. The lowest BCUT2D eigenvalue weighted by Gasteiger charge is -2.03. The molecule has 0 atom stereocenters. The van der Waals surface area contributed by atoms with Gasteiger partial charge in [-0.2, -0.15) is 0 Å². The van der Waals surface area contributed by atoms with E-state index in [9.17, 15) is 14.9 Å². The van der Waals surface area contributed by atoms with E-state index in [0.717, 1.165) is 5.57 Å². The lowest BCUT2D eigenvalue weighted by molar-refractivity contribution is -0.384. The minimum absolute atomic E-state index is 0.0223. The summed E-state index contributed by atoms with van der Waals surface area (Å²) in [6.07, 6.45) is 0.883. The van der Waals surface area contributed by atoms with Gasteiger partial charge < -0.3 is 9.47 Å². The van der Waals surface area contributed by atoms with Crippen LogP contribution in [0.3, 0.4) is 0 Å². The maximum absolute atomic E-state index is 10.7. The Labute approximate surface area is 104 Å². The van der Waals surface area contributed by atoms with E-state index in [4.69, 9.17) is 0 Å². The number of allylic oxidation sites excluding steroid dienone is 1. The van der Waals surface area contributed by atoms with Crippen molar-refractivity contribution >= 4 is 17.4 Å². The fourth-order valence-corrected chi connectivity index (χ4v) is 1.28. The molecule has 18 heavy (non-hydrogen) atoms. The number of nitro groups is 1. The topological polar surface area (TPSA) is 78.7 Å². The number of ether oxygens (including phenoxy) is 2. The zero-order valence-corrected chi connectivity index (χ0v) is 10.1. The Kier molecular flexibility index (Phi) is 4.86. The van der Waals surface area contributed by atoms with Crippen molar-refractivity contribution in [1.29, 1.82) is 0 Å². The van der Waals surface area contributed by atoms with Crippen molar-refractivity contribution in [3.05, 3.63) is 46.0 Å². The average molecular weight is 251 g/mol. The molecule has 0 saturated heterocycles. The molecule has 96 valence electrons. The zero-order chi connectivity index (χ0) is 13.5. The first-order chi connectivity index (χ1) is 8.54. The Balaban J connectivity index is 2.74. The first kappa shape index (κ1) is 13.7. The van der Waals surface area contributed by atoms with Gasteiger partial charge in [-0.3, -0.25) is 10.1 Å². The molecule has 6 nitrogen and oxygen atoms in total. The van der Waals surface area contributed by atoms with Gasteiger partial charge in [0.25, 0.3) is 5.69 Å². The quantitative estimate of drug-likeness (QED) is 0.467. The fraction of sp³-hybridized carbons (Fsp3) is 0.250. The van der Waals surface area contributed by atoms with Crippen LogP contribution in [0.5, 0.6) is 0 Å². The maximum Gasteiger partial charge on any atom is 0.508 e. The van der Waals surface area contributed by atoms with Crippen molar-refractivity contribution in [2.24, 2.45) is 0 Å². The molecule has 0 aliphatic carbocycles. The van der Waals surface area contributed by atoms with Crippen LogP contribution in [0.1, 0.15) is 12.5 Å². The number of hydrogen-bond acceptors (Lipinski definition) is 5. The Morgan fingerprint density at radius 3 is 2.83 bits per heavy atom. The number of nitro benzene ring substituents is 1. The monoisotopic (exact) mass is 251 g/mol. The number of non-ortho nitro benzene ring substituents is 1. The summed E-state index contributed by atoms with van der Waals surface area (Å²) in [7, 11) is 1.22. The van der Waals surface area contributed by atoms with E-state index in [1.165, 1.54) is 19.2 Å².